The molecular formula is C18H16N6O. The molecule has 0 aliphatic carbocycles. The first-order valence-electron chi connectivity index (χ1n) is 7.88. The Kier molecular flexibility index (Phi) is 3.74. The van der Waals surface area contributed by atoms with Crippen LogP contribution in [0.4, 0.5) is 0 Å². The molecule has 1 amide bonds. The van der Waals surface area contributed by atoms with Crippen molar-refractivity contribution in [1.29, 1.82) is 0 Å². The van der Waals surface area contributed by atoms with E-state index in [1.54, 1.807) is 9.36 Å². The smallest absolute Gasteiger partial charge is 0.291 e. The summed E-state index contributed by atoms with van der Waals surface area (Å²) in [6.07, 6.45) is 1.53. The van der Waals surface area contributed by atoms with Gasteiger partial charge in [0.25, 0.3) is 5.91 Å². The topological polar surface area (TPSA) is 77.6 Å². The summed E-state index contributed by atoms with van der Waals surface area (Å²) in [7, 11) is 1.89. The molecule has 7 heteroatoms. The van der Waals surface area contributed by atoms with Gasteiger partial charge in [-0.3, -0.25) is 9.48 Å². The summed E-state index contributed by atoms with van der Waals surface area (Å²) in [6, 6.07) is 17.4. The molecule has 7 nitrogen and oxygen atoms in total. The molecule has 0 saturated heterocycles. The molecule has 1 N–H and O–H groups in total. The molecule has 0 fully saturated rings. The molecule has 0 unspecified atom stereocenters. The first kappa shape index (κ1) is 15.1. The van der Waals surface area contributed by atoms with Gasteiger partial charge in [-0.1, -0.05) is 36.4 Å². The maximum Gasteiger partial charge on any atom is 0.291 e. The van der Waals surface area contributed by atoms with Crippen LogP contribution in [0, 0.1) is 0 Å². The second-order valence-electron chi connectivity index (χ2n) is 5.62. The summed E-state index contributed by atoms with van der Waals surface area (Å²) in [5, 5.41) is 12.5. The second kappa shape index (κ2) is 6.20. The fraction of sp³-hybridized carbons (Fsp3) is 0.111. The Morgan fingerprint density at radius 1 is 1.04 bits per heavy atom. The Labute approximate surface area is 143 Å². The highest BCUT2D eigenvalue weighted by Gasteiger charge is 2.14. The molecule has 2 aromatic heterocycles. The van der Waals surface area contributed by atoms with Crippen molar-refractivity contribution in [3.63, 3.8) is 0 Å². The number of aryl methyl sites for hydroxylation is 1. The largest absolute Gasteiger partial charge is 0.344 e. The highest BCUT2D eigenvalue weighted by Crippen LogP contribution is 2.17. The van der Waals surface area contributed by atoms with Gasteiger partial charge in [-0.2, -0.15) is 5.10 Å². The molecule has 0 aliphatic heterocycles. The van der Waals surface area contributed by atoms with Crippen LogP contribution in [0.15, 0.2) is 60.9 Å². The summed E-state index contributed by atoms with van der Waals surface area (Å²) in [6.45, 7) is 0.320. The van der Waals surface area contributed by atoms with Gasteiger partial charge in [0, 0.05) is 12.4 Å². The number of fused-ring (bicyclic) bond motifs is 1. The van der Waals surface area contributed by atoms with Crippen molar-refractivity contribution in [2.24, 2.45) is 7.05 Å². The molecule has 25 heavy (non-hydrogen) atoms. The second-order valence-corrected chi connectivity index (χ2v) is 5.62. The zero-order valence-corrected chi connectivity index (χ0v) is 13.6. The van der Waals surface area contributed by atoms with E-state index >= 15 is 0 Å². The van der Waals surface area contributed by atoms with Gasteiger partial charge >= 0.3 is 0 Å². The number of hydrogen-bond donors (Lipinski definition) is 1. The number of hydrogen-bond acceptors (Lipinski definition) is 4. The molecule has 2 heterocycles. The van der Waals surface area contributed by atoms with Crippen LogP contribution >= 0.6 is 0 Å². The average Bonchev–Trinajstić information content (AvgIpc) is 3.27. The fourth-order valence-electron chi connectivity index (χ4n) is 2.73. The van der Waals surface area contributed by atoms with Crippen LogP contribution in [0.5, 0.6) is 0 Å². The van der Waals surface area contributed by atoms with Crippen LogP contribution in [-0.2, 0) is 13.6 Å². The van der Waals surface area contributed by atoms with Crippen LogP contribution in [0.2, 0.25) is 0 Å². The van der Waals surface area contributed by atoms with Gasteiger partial charge in [0.1, 0.15) is 6.33 Å². The summed E-state index contributed by atoms with van der Waals surface area (Å²) in [5.41, 5.74) is 2.69. The van der Waals surface area contributed by atoms with Gasteiger partial charge in [-0.05, 0) is 18.2 Å². The molecule has 4 aromatic rings. The molecular weight excluding hydrogens is 316 g/mol. The lowest BCUT2D eigenvalue weighted by molar-refractivity contribution is 0.0940. The van der Waals surface area contributed by atoms with Gasteiger partial charge in [0.2, 0.25) is 5.82 Å². The van der Waals surface area contributed by atoms with E-state index in [9.17, 15) is 4.79 Å². The highest BCUT2D eigenvalue weighted by molar-refractivity contribution is 5.90. The maximum absolute atomic E-state index is 12.3. The molecule has 2 aromatic carbocycles. The van der Waals surface area contributed by atoms with Crippen molar-refractivity contribution in [1.82, 2.24) is 29.9 Å². The van der Waals surface area contributed by atoms with E-state index in [1.165, 1.54) is 6.33 Å². The van der Waals surface area contributed by atoms with Crippen molar-refractivity contribution in [2.45, 2.75) is 6.54 Å². The molecule has 0 spiro atoms. The zero-order valence-electron chi connectivity index (χ0n) is 13.6. The fourth-order valence-corrected chi connectivity index (χ4v) is 2.73. The number of para-hydroxylation sites is 2. The lowest BCUT2D eigenvalue weighted by Gasteiger charge is -2.01. The van der Waals surface area contributed by atoms with Crippen LogP contribution in [0.3, 0.4) is 0 Å². The minimum absolute atomic E-state index is 0.129. The van der Waals surface area contributed by atoms with Crippen molar-refractivity contribution >= 4 is 16.8 Å². The molecule has 0 aliphatic rings. The van der Waals surface area contributed by atoms with E-state index in [-0.39, 0.29) is 11.7 Å². The maximum atomic E-state index is 12.3. The van der Waals surface area contributed by atoms with E-state index in [1.807, 2.05) is 61.6 Å². The van der Waals surface area contributed by atoms with E-state index in [4.69, 9.17) is 0 Å². The number of benzene rings is 2. The normalized spacial score (nSPS) is 10.9. The number of amides is 1. The van der Waals surface area contributed by atoms with E-state index in [0.717, 1.165) is 22.3 Å². The van der Waals surface area contributed by atoms with E-state index in [2.05, 4.69) is 20.5 Å². The summed E-state index contributed by atoms with van der Waals surface area (Å²) in [5.74, 6) is -0.200. The Balaban J connectivity index is 1.50. The zero-order chi connectivity index (χ0) is 17.2. The third kappa shape index (κ3) is 2.87. The van der Waals surface area contributed by atoms with E-state index < -0.39 is 0 Å². The highest BCUT2D eigenvalue weighted by atomic mass is 16.2. The van der Waals surface area contributed by atoms with Gasteiger partial charge in [0.05, 0.1) is 23.4 Å². The summed E-state index contributed by atoms with van der Waals surface area (Å²) < 4.78 is 3.38. The molecule has 0 atom stereocenters. The lowest BCUT2D eigenvalue weighted by Crippen LogP contribution is -2.24. The number of nitrogens with one attached hydrogen (secondary N) is 1. The number of carbonyl (C=O) groups is 1. The minimum Gasteiger partial charge on any atom is -0.344 e. The summed E-state index contributed by atoms with van der Waals surface area (Å²) in [4.78, 5) is 16.4. The van der Waals surface area contributed by atoms with Crippen LogP contribution in [0.1, 0.15) is 16.3 Å². The molecule has 0 bridgehead atoms. The Morgan fingerprint density at radius 2 is 1.80 bits per heavy atom. The standard InChI is InChI=1S/C18H16N6O/c1-23-16-10-6-5-9-14(16)15(21-23)11-19-18(25)17-20-12-24(22-17)13-7-3-2-4-8-13/h2-10,12H,11H2,1H3,(H,19,25). The Morgan fingerprint density at radius 3 is 2.64 bits per heavy atom. The van der Waals surface area contributed by atoms with Crippen LogP contribution < -0.4 is 5.32 Å². The molecule has 4 rings (SSSR count). The number of carbonyl (C=O) groups excluding carboxylic acids is 1. The predicted molar refractivity (Wildman–Crippen MR) is 93.2 cm³/mol. The predicted octanol–water partition coefficient (Wildman–Crippen LogP) is 2.08. The molecule has 124 valence electrons. The minimum atomic E-state index is -0.329. The lowest BCUT2D eigenvalue weighted by atomic mass is 10.2. The van der Waals surface area contributed by atoms with Crippen LogP contribution in [0.25, 0.3) is 16.6 Å². The first-order valence-corrected chi connectivity index (χ1v) is 7.88. The van der Waals surface area contributed by atoms with Gasteiger partial charge in [0.15, 0.2) is 0 Å². The SMILES string of the molecule is Cn1nc(CNC(=O)c2ncn(-c3ccccc3)n2)c2ccccc21. The third-order valence-electron chi connectivity index (χ3n) is 3.97. The van der Waals surface area contributed by atoms with E-state index in [0.29, 0.717) is 6.54 Å². The molecule has 0 radical (unpaired) electrons. The van der Waals surface area contributed by atoms with Gasteiger partial charge < -0.3 is 5.32 Å². The quantitative estimate of drug-likeness (QED) is 0.621. The number of nitrogens with zero attached hydrogens (tertiary/aromatic N) is 5. The number of rotatable bonds is 4. The molecule has 0 saturated carbocycles. The van der Waals surface area contributed by atoms with Crippen molar-refractivity contribution in [2.75, 3.05) is 0 Å². The van der Waals surface area contributed by atoms with Gasteiger partial charge in [-0.25, -0.2) is 9.67 Å². The monoisotopic (exact) mass is 332 g/mol. The first-order chi connectivity index (χ1) is 12.2. The van der Waals surface area contributed by atoms with Crippen molar-refractivity contribution < 1.29 is 4.79 Å². The van der Waals surface area contributed by atoms with Crippen molar-refractivity contribution in [3.05, 3.63) is 72.4 Å². The number of aromatic nitrogens is 5. The Hall–Kier alpha value is -3.48. The van der Waals surface area contributed by atoms with Crippen molar-refractivity contribution in [3.8, 4) is 5.69 Å². The summed E-state index contributed by atoms with van der Waals surface area (Å²) >= 11 is 0. The third-order valence-corrected chi connectivity index (χ3v) is 3.97. The van der Waals surface area contributed by atoms with Gasteiger partial charge in [-0.15, -0.1) is 5.10 Å². The van der Waals surface area contributed by atoms with Crippen LogP contribution in [-0.4, -0.2) is 30.5 Å². The average molecular weight is 332 g/mol. The Bertz CT molecular complexity index is 1030.